The van der Waals surface area contributed by atoms with E-state index >= 15 is 0 Å². The highest BCUT2D eigenvalue weighted by atomic mass is 15.2. The Kier molecular flexibility index (Phi) is 2.40. The molecule has 2 N–H and O–H groups in total. The van der Waals surface area contributed by atoms with Crippen molar-refractivity contribution < 1.29 is 0 Å². The molecule has 4 heteroatoms. The van der Waals surface area contributed by atoms with E-state index in [0.717, 1.165) is 31.0 Å². The third-order valence-electron chi connectivity index (χ3n) is 2.21. The number of hydrogen-bond acceptors (Lipinski definition) is 4. The van der Waals surface area contributed by atoms with Crippen LogP contribution in [0.4, 0.5) is 5.82 Å². The zero-order chi connectivity index (χ0) is 9.10. The summed E-state index contributed by atoms with van der Waals surface area (Å²) >= 11 is 0. The number of hydrogen-bond donors (Lipinski definition) is 2. The lowest BCUT2D eigenvalue weighted by atomic mass is 10.2. The molecule has 1 unspecified atom stereocenters. The molecule has 0 amide bonds. The summed E-state index contributed by atoms with van der Waals surface area (Å²) in [6.45, 7) is 4.06. The van der Waals surface area contributed by atoms with Gasteiger partial charge in [0, 0.05) is 12.6 Å². The molecule has 0 bridgehead atoms. The molecule has 2 heterocycles. The fourth-order valence-corrected chi connectivity index (χ4v) is 1.46. The van der Waals surface area contributed by atoms with Crippen LogP contribution >= 0.6 is 0 Å². The first-order valence-electron chi connectivity index (χ1n) is 4.62. The third kappa shape index (κ3) is 2.15. The normalized spacial score (nSPS) is 21.8. The molecule has 1 saturated heterocycles. The fourth-order valence-electron chi connectivity index (χ4n) is 1.46. The second-order valence-corrected chi connectivity index (χ2v) is 3.39. The standard InChI is InChI=1S/C9H14N4/c1-7-2-3-9(13-12-7)11-8-4-5-10-6-8/h2-3,8,10H,4-6H2,1H3,(H,11,13). The van der Waals surface area contributed by atoms with E-state index in [1.807, 2.05) is 19.1 Å². The number of aromatic nitrogens is 2. The van der Waals surface area contributed by atoms with Crippen molar-refractivity contribution in [3.05, 3.63) is 17.8 Å². The minimum atomic E-state index is 0.511. The summed E-state index contributed by atoms with van der Waals surface area (Å²) in [5.74, 6) is 0.874. The number of anilines is 1. The SMILES string of the molecule is Cc1ccc(NC2CCNC2)nn1. The second-order valence-electron chi connectivity index (χ2n) is 3.39. The van der Waals surface area contributed by atoms with Gasteiger partial charge in [0.15, 0.2) is 0 Å². The van der Waals surface area contributed by atoms with Crippen LogP contribution in [0, 0.1) is 6.92 Å². The van der Waals surface area contributed by atoms with E-state index in [2.05, 4.69) is 20.8 Å². The molecule has 0 radical (unpaired) electrons. The van der Waals surface area contributed by atoms with Crippen LogP contribution in [0.1, 0.15) is 12.1 Å². The molecule has 0 spiro atoms. The Balaban J connectivity index is 1.97. The van der Waals surface area contributed by atoms with Crippen molar-refractivity contribution in [3.63, 3.8) is 0 Å². The van der Waals surface area contributed by atoms with Crippen LogP contribution in [-0.4, -0.2) is 29.3 Å². The molecule has 1 atom stereocenters. The van der Waals surface area contributed by atoms with E-state index in [0.29, 0.717) is 6.04 Å². The summed E-state index contributed by atoms with van der Waals surface area (Å²) in [4.78, 5) is 0. The quantitative estimate of drug-likeness (QED) is 0.694. The van der Waals surface area contributed by atoms with Gasteiger partial charge in [-0.15, -0.1) is 5.10 Å². The van der Waals surface area contributed by atoms with Crippen LogP contribution < -0.4 is 10.6 Å². The highest BCUT2D eigenvalue weighted by Gasteiger charge is 2.13. The van der Waals surface area contributed by atoms with Crippen molar-refractivity contribution in [1.29, 1.82) is 0 Å². The maximum atomic E-state index is 4.05. The van der Waals surface area contributed by atoms with E-state index in [4.69, 9.17) is 0 Å². The van der Waals surface area contributed by atoms with Gasteiger partial charge in [-0.25, -0.2) is 0 Å². The predicted molar refractivity (Wildman–Crippen MR) is 51.7 cm³/mol. The molecular weight excluding hydrogens is 164 g/mol. The highest BCUT2D eigenvalue weighted by molar-refractivity contribution is 5.34. The molecule has 4 nitrogen and oxygen atoms in total. The summed E-state index contributed by atoms with van der Waals surface area (Å²) in [7, 11) is 0. The third-order valence-corrected chi connectivity index (χ3v) is 2.21. The largest absolute Gasteiger partial charge is 0.365 e. The molecule has 0 aliphatic carbocycles. The number of aryl methyl sites for hydroxylation is 1. The van der Waals surface area contributed by atoms with Gasteiger partial charge < -0.3 is 10.6 Å². The maximum Gasteiger partial charge on any atom is 0.148 e. The lowest BCUT2D eigenvalue weighted by Gasteiger charge is -2.10. The first-order chi connectivity index (χ1) is 6.34. The zero-order valence-corrected chi connectivity index (χ0v) is 7.75. The minimum absolute atomic E-state index is 0.511. The van der Waals surface area contributed by atoms with Crippen LogP contribution in [0.5, 0.6) is 0 Å². The van der Waals surface area contributed by atoms with E-state index in [9.17, 15) is 0 Å². The molecule has 2 rings (SSSR count). The molecule has 1 aromatic rings. The Morgan fingerprint density at radius 3 is 3.00 bits per heavy atom. The van der Waals surface area contributed by atoms with E-state index in [1.54, 1.807) is 0 Å². The van der Waals surface area contributed by atoms with Gasteiger partial charge >= 0.3 is 0 Å². The average Bonchev–Trinajstić information content (AvgIpc) is 2.62. The second kappa shape index (κ2) is 3.70. The number of rotatable bonds is 2. The van der Waals surface area contributed by atoms with Gasteiger partial charge in [0.25, 0.3) is 0 Å². The van der Waals surface area contributed by atoms with Crippen LogP contribution in [0.2, 0.25) is 0 Å². The van der Waals surface area contributed by atoms with Crippen molar-refractivity contribution in [2.24, 2.45) is 0 Å². The van der Waals surface area contributed by atoms with Crippen LogP contribution in [0.3, 0.4) is 0 Å². The molecule has 1 aliphatic heterocycles. The Morgan fingerprint density at radius 2 is 2.38 bits per heavy atom. The van der Waals surface area contributed by atoms with Crippen molar-refractivity contribution in [3.8, 4) is 0 Å². The number of nitrogens with one attached hydrogen (secondary N) is 2. The molecule has 1 aromatic heterocycles. The highest BCUT2D eigenvalue weighted by Crippen LogP contribution is 2.07. The summed E-state index contributed by atoms with van der Waals surface area (Å²) in [6, 6.07) is 4.45. The van der Waals surface area contributed by atoms with E-state index in [1.165, 1.54) is 0 Å². The maximum absolute atomic E-state index is 4.05. The van der Waals surface area contributed by atoms with Gasteiger partial charge in [-0.3, -0.25) is 0 Å². The van der Waals surface area contributed by atoms with Crippen LogP contribution in [-0.2, 0) is 0 Å². The van der Waals surface area contributed by atoms with Crippen molar-refractivity contribution in [2.75, 3.05) is 18.4 Å². The summed E-state index contributed by atoms with van der Waals surface area (Å²) in [6.07, 6.45) is 1.16. The average molecular weight is 178 g/mol. The van der Waals surface area contributed by atoms with Crippen molar-refractivity contribution in [2.45, 2.75) is 19.4 Å². The van der Waals surface area contributed by atoms with Crippen LogP contribution in [0.25, 0.3) is 0 Å². The Bertz CT molecular complexity index is 263. The van der Waals surface area contributed by atoms with Gasteiger partial charge in [0.05, 0.1) is 5.69 Å². The van der Waals surface area contributed by atoms with E-state index in [-0.39, 0.29) is 0 Å². The van der Waals surface area contributed by atoms with Gasteiger partial charge in [-0.05, 0) is 32.0 Å². The molecular formula is C9H14N4. The lowest BCUT2D eigenvalue weighted by molar-refractivity contribution is 0.781. The van der Waals surface area contributed by atoms with Gasteiger partial charge in [0.1, 0.15) is 5.82 Å². The van der Waals surface area contributed by atoms with Gasteiger partial charge in [0.2, 0.25) is 0 Å². The first kappa shape index (κ1) is 8.44. The Hall–Kier alpha value is -1.16. The monoisotopic (exact) mass is 178 g/mol. The summed E-state index contributed by atoms with van der Waals surface area (Å²) < 4.78 is 0. The summed E-state index contributed by atoms with van der Waals surface area (Å²) in [5, 5.41) is 14.7. The first-order valence-corrected chi connectivity index (χ1v) is 4.62. The lowest BCUT2D eigenvalue weighted by Crippen LogP contribution is -2.22. The summed E-state index contributed by atoms with van der Waals surface area (Å²) in [5.41, 5.74) is 0.954. The number of nitrogens with zero attached hydrogens (tertiary/aromatic N) is 2. The molecule has 0 saturated carbocycles. The molecule has 70 valence electrons. The van der Waals surface area contributed by atoms with Crippen molar-refractivity contribution in [1.82, 2.24) is 15.5 Å². The van der Waals surface area contributed by atoms with Gasteiger partial charge in [-0.2, -0.15) is 5.10 Å². The van der Waals surface area contributed by atoms with Crippen LogP contribution in [0.15, 0.2) is 12.1 Å². The zero-order valence-electron chi connectivity index (χ0n) is 7.75. The minimum Gasteiger partial charge on any atom is -0.365 e. The Morgan fingerprint density at radius 1 is 1.46 bits per heavy atom. The Labute approximate surface area is 77.8 Å². The van der Waals surface area contributed by atoms with E-state index < -0.39 is 0 Å². The smallest absolute Gasteiger partial charge is 0.148 e. The topological polar surface area (TPSA) is 49.8 Å². The molecule has 1 fully saturated rings. The fraction of sp³-hybridized carbons (Fsp3) is 0.556. The van der Waals surface area contributed by atoms with Crippen molar-refractivity contribution >= 4 is 5.82 Å². The predicted octanol–water partition coefficient (Wildman–Crippen LogP) is 0.559. The van der Waals surface area contributed by atoms with Gasteiger partial charge in [-0.1, -0.05) is 0 Å². The molecule has 13 heavy (non-hydrogen) atoms. The molecule has 0 aromatic carbocycles. The molecule has 1 aliphatic rings.